The fraction of sp³-hybridized carbons (Fsp3) is 0.538. The Morgan fingerprint density at radius 3 is 2.74 bits per heavy atom. The Kier molecular flexibility index (Phi) is 4.44. The van der Waals surface area contributed by atoms with Crippen molar-refractivity contribution < 1.29 is 18.4 Å². The molecule has 0 radical (unpaired) electrons. The van der Waals surface area contributed by atoms with Gasteiger partial charge in [0.25, 0.3) is 0 Å². The first-order chi connectivity index (χ1) is 9.02. The third kappa shape index (κ3) is 3.68. The molecule has 104 valence electrons. The zero-order valence-corrected chi connectivity index (χ0v) is 11.3. The van der Waals surface area contributed by atoms with E-state index < -0.39 is 7.32 Å². The van der Waals surface area contributed by atoms with Gasteiger partial charge in [0, 0.05) is 29.9 Å². The van der Waals surface area contributed by atoms with Crippen molar-refractivity contribution in [2.45, 2.75) is 26.9 Å². The third-order valence-corrected chi connectivity index (χ3v) is 3.47. The van der Waals surface area contributed by atoms with Crippen LogP contribution in [0.25, 0.3) is 0 Å². The maximum Gasteiger partial charge on any atom is 0.639 e. The van der Waals surface area contributed by atoms with E-state index in [2.05, 4.69) is 13.8 Å². The molecule has 1 aliphatic heterocycles. The van der Waals surface area contributed by atoms with Crippen molar-refractivity contribution in [3.8, 4) is 0 Å². The number of anilines is 1. The SMILES string of the molecule is CCC1(C)COB(OCc2cc(F)ccc2N)OC1. The first-order valence-electron chi connectivity index (χ1n) is 6.41. The van der Waals surface area contributed by atoms with Crippen LogP contribution in [0.2, 0.25) is 0 Å². The number of hydrogen-bond acceptors (Lipinski definition) is 4. The van der Waals surface area contributed by atoms with Crippen molar-refractivity contribution in [3.63, 3.8) is 0 Å². The standard InChI is InChI=1S/C13H19BFNO3/c1-3-13(2)8-18-14(19-9-13)17-7-10-6-11(15)4-5-12(10)16/h4-6H,3,7-9,16H2,1-2H3. The van der Waals surface area contributed by atoms with E-state index in [9.17, 15) is 4.39 Å². The van der Waals surface area contributed by atoms with Gasteiger partial charge in [-0.05, 0) is 24.6 Å². The fourth-order valence-electron chi connectivity index (χ4n) is 1.79. The predicted molar refractivity (Wildman–Crippen MR) is 71.7 cm³/mol. The van der Waals surface area contributed by atoms with Gasteiger partial charge in [-0.25, -0.2) is 4.39 Å². The highest BCUT2D eigenvalue weighted by Crippen LogP contribution is 2.27. The summed E-state index contributed by atoms with van der Waals surface area (Å²) >= 11 is 0. The van der Waals surface area contributed by atoms with Gasteiger partial charge in [0.15, 0.2) is 0 Å². The maximum atomic E-state index is 13.1. The van der Waals surface area contributed by atoms with Gasteiger partial charge in [-0.15, -0.1) is 0 Å². The number of nitrogens with two attached hydrogens (primary N) is 1. The third-order valence-electron chi connectivity index (χ3n) is 3.47. The van der Waals surface area contributed by atoms with E-state index in [1.165, 1.54) is 18.2 Å². The van der Waals surface area contributed by atoms with E-state index in [-0.39, 0.29) is 17.8 Å². The van der Waals surface area contributed by atoms with E-state index in [0.29, 0.717) is 24.5 Å². The highest BCUT2D eigenvalue weighted by atomic mass is 19.1. The average Bonchev–Trinajstić information content (AvgIpc) is 2.42. The van der Waals surface area contributed by atoms with Crippen molar-refractivity contribution in [1.82, 2.24) is 0 Å². The van der Waals surface area contributed by atoms with E-state index in [0.717, 1.165) is 6.42 Å². The van der Waals surface area contributed by atoms with Crippen LogP contribution in [0.15, 0.2) is 18.2 Å². The minimum Gasteiger partial charge on any atom is -0.398 e. The summed E-state index contributed by atoms with van der Waals surface area (Å²) in [6.45, 7) is 5.55. The quantitative estimate of drug-likeness (QED) is 0.672. The van der Waals surface area contributed by atoms with Crippen LogP contribution in [-0.4, -0.2) is 20.5 Å². The van der Waals surface area contributed by atoms with Gasteiger partial charge in [0.2, 0.25) is 0 Å². The second-order valence-corrected chi connectivity index (χ2v) is 5.23. The van der Waals surface area contributed by atoms with E-state index in [4.69, 9.17) is 19.7 Å². The average molecular weight is 267 g/mol. The minimum absolute atomic E-state index is 0.0394. The number of halogens is 1. The van der Waals surface area contributed by atoms with Crippen LogP contribution in [0.3, 0.4) is 0 Å². The highest BCUT2D eigenvalue weighted by molar-refractivity contribution is 6.36. The largest absolute Gasteiger partial charge is 0.639 e. The van der Waals surface area contributed by atoms with Gasteiger partial charge in [-0.3, -0.25) is 0 Å². The van der Waals surface area contributed by atoms with Gasteiger partial charge < -0.3 is 19.7 Å². The lowest BCUT2D eigenvalue weighted by Crippen LogP contribution is -2.43. The molecule has 1 aromatic carbocycles. The molecule has 0 aliphatic carbocycles. The smallest absolute Gasteiger partial charge is 0.398 e. The van der Waals surface area contributed by atoms with Crippen molar-refractivity contribution in [2.75, 3.05) is 18.9 Å². The van der Waals surface area contributed by atoms with Crippen LogP contribution < -0.4 is 5.73 Å². The monoisotopic (exact) mass is 267 g/mol. The summed E-state index contributed by atoms with van der Waals surface area (Å²) in [5.74, 6) is -0.336. The lowest BCUT2D eigenvalue weighted by atomic mass is 9.87. The number of hydrogen-bond donors (Lipinski definition) is 1. The molecule has 19 heavy (non-hydrogen) atoms. The van der Waals surface area contributed by atoms with Crippen molar-refractivity contribution in [1.29, 1.82) is 0 Å². The minimum atomic E-state index is -0.706. The summed E-state index contributed by atoms with van der Waals surface area (Å²) in [4.78, 5) is 0. The molecule has 1 aromatic rings. The molecular formula is C13H19BFNO3. The summed E-state index contributed by atoms with van der Waals surface area (Å²) in [7, 11) is -0.706. The van der Waals surface area contributed by atoms with Gasteiger partial charge in [-0.1, -0.05) is 13.8 Å². The van der Waals surface area contributed by atoms with E-state index in [1.807, 2.05) is 0 Å². The Morgan fingerprint density at radius 2 is 2.11 bits per heavy atom. The normalized spacial score (nSPS) is 18.6. The van der Waals surface area contributed by atoms with Crippen LogP contribution >= 0.6 is 0 Å². The van der Waals surface area contributed by atoms with E-state index >= 15 is 0 Å². The molecule has 1 saturated heterocycles. The molecule has 0 spiro atoms. The molecule has 0 unspecified atom stereocenters. The first-order valence-corrected chi connectivity index (χ1v) is 6.41. The molecule has 2 rings (SSSR count). The molecule has 4 nitrogen and oxygen atoms in total. The summed E-state index contributed by atoms with van der Waals surface area (Å²) < 4.78 is 29.5. The fourth-order valence-corrected chi connectivity index (χ4v) is 1.79. The Labute approximate surface area is 113 Å². The van der Waals surface area contributed by atoms with Gasteiger partial charge in [0.05, 0.1) is 6.61 Å². The zero-order valence-electron chi connectivity index (χ0n) is 11.3. The number of rotatable bonds is 4. The van der Waals surface area contributed by atoms with Crippen LogP contribution in [0, 0.1) is 11.2 Å². The predicted octanol–water partition coefficient (Wildman–Crippen LogP) is 2.37. The maximum absolute atomic E-state index is 13.1. The van der Waals surface area contributed by atoms with Gasteiger partial charge in [0.1, 0.15) is 5.82 Å². The van der Waals surface area contributed by atoms with Crippen molar-refractivity contribution >= 4 is 13.0 Å². The number of benzene rings is 1. The Balaban J connectivity index is 1.85. The van der Waals surface area contributed by atoms with E-state index in [1.54, 1.807) is 0 Å². The zero-order chi connectivity index (χ0) is 13.9. The Bertz CT molecular complexity index is 436. The van der Waals surface area contributed by atoms with Crippen molar-refractivity contribution in [3.05, 3.63) is 29.6 Å². The lowest BCUT2D eigenvalue weighted by Gasteiger charge is -2.34. The summed E-state index contributed by atoms with van der Waals surface area (Å²) in [5.41, 5.74) is 6.87. The van der Waals surface area contributed by atoms with Crippen LogP contribution in [0.5, 0.6) is 0 Å². The highest BCUT2D eigenvalue weighted by Gasteiger charge is 2.36. The molecule has 0 aromatic heterocycles. The topological polar surface area (TPSA) is 53.7 Å². The second-order valence-electron chi connectivity index (χ2n) is 5.23. The summed E-state index contributed by atoms with van der Waals surface area (Å²) in [5, 5.41) is 0. The van der Waals surface area contributed by atoms with Crippen LogP contribution in [-0.2, 0) is 20.6 Å². The molecule has 1 aliphatic rings. The molecule has 2 N–H and O–H groups in total. The molecule has 1 fully saturated rings. The lowest BCUT2D eigenvalue weighted by molar-refractivity contribution is -0.0313. The van der Waals surface area contributed by atoms with Crippen LogP contribution in [0.1, 0.15) is 25.8 Å². The molecule has 6 heteroatoms. The summed E-state index contributed by atoms with van der Waals surface area (Å²) in [6, 6.07) is 4.19. The molecule has 1 heterocycles. The van der Waals surface area contributed by atoms with Gasteiger partial charge in [-0.2, -0.15) is 0 Å². The van der Waals surface area contributed by atoms with Gasteiger partial charge >= 0.3 is 7.32 Å². The van der Waals surface area contributed by atoms with Crippen molar-refractivity contribution in [2.24, 2.45) is 5.41 Å². The first kappa shape index (κ1) is 14.3. The molecule has 0 atom stereocenters. The summed E-state index contributed by atoms with van der Waals surface area (Å²) in [6.07, 6.45) is 0.983. The Morgan fingerprint density at radius 1 is 1.42 bits per heavy atom. The molecular weight excluding hydrogens is 248 g/mol. The molecule has 0 amide bonds. The Hall–Kier alpha value is -1.11. The number of nitrogen functional groups attached to an aromatic ring is 1. The second kappa shape index (κ2) is 5.90. The molecule has 0 bridgehead atoms. The van der Waals surface area contributed by atoms with Crippen LogP contribution in [0.4, 0.5) is 10.1 Å². The molecule has 0 saturated carbocycles.